The summed E-state index contributed by atoms with van der Waals surface area (Å²) in [4.78, 5) is 15.1. The third-order valence-corrected chi connectivity index (χ3v) is 5.32. The Bertz CT molecular complexity index is 515. The summed E-state index contributed by atoms with van der Waals surface area (Å²) in [6.45, 7) is 16.7. The molecule has 1 heterocycles. The Labute approximate surface area is 153 Å². The van der Waals surface area contributed by atoms with Crippen molar-refractivity contribution in [1.29, 1.82) is 0 Å². The summed E-state index contributed by atoms with van der Waals surface area (Å²) in [6, 6.07) is 0. The molecule has 144 valence electrons. The van der Waals surface area contributed by atoms with Gasteiger partial charge in [-0.2, -0.15) is 0 Å². The van der Waals surface area contributed by atoms with Crippen LogP contribution in [0.2, 0.25) is 0 Å². The molecule has 0 aromatic carbocycles. The van der Waals surface area contributed by atoms with Crippen LogP contribution in [-0.2, 0) is 6.42 Å². The minimum Gasteiger partial charge on any atom is -0.360 e. The van der Waals surface area contributed by atoms with Gasteiger partial charge in [0, 0.05) is 25.1 Å². The summed E-state index contributed by atoms with van der Waals surface area (Å²) in [5.74, 6) is 0.671. The van der Waals surface area contributed by atoms with E-state index in [2.05, 4.69) is 43.1 Å². The molecule has 0 aliphatic heterocycles. The van der Waals surface area contributed by atoms with E-state index in [-0.39, 0.29) is 11.3 Å². The van der Waals surface area contributed by atoms with Gasteiger partial charge in [-0.3, -0.25) is 4.79 Å². The predicted molar refractivity (Wildman–Crippen MR) is 103 cm³/mol. The van der Waals surface area contributed by atoms with Crippen LogP contribution in [0.25, 0.3) is 0 Å². The van der Waals surface area contributed by atoms with Crippen molar-refractivity contribution in [2.24, 2.45) is 5.41 Å². The summed E-state index contributed by atoms with van der Waals surface area (Å²) in [5.41, 5.74) is 1.39. The molecule has 0 bridgehead atoms. The molecule has 0 saturated carbocycles. The Kier molecular flexibility index (Phi) is 9.19. The molecule has 0 fully saturated rings. The first-order valence-electron chi connectivity index (χ1n) is 9.92. The van der Waals surface area contributed by atoms with E-state index in [9.17, 15) is 4.79 Å². The monoisotopic (exact) mass is 351 g/mol. The molecular weight excluding hydrogens is 314 g/mol. The molecule has 0 saturated heterocycles. The van der Waals surface area contributed by atoms with Crippen molar-refractivity contribution in [2.45, 2.75) is 73.6 Å². The average molecular weight is 352 g/mol. The molecule has 5 nitrogen and oxygen atoms in total. The SMILES string of the molecule is CCCN(CCC)CC(CC)(CC)CNC(=O)c1noc(CC)c1C. The van der Waals surface area contributed by atoms with Crippen LogP contribution in [0.3, 0.4) is 0 Å². The topological polar surface area (TPSA) is 58.4 Å². The Morgan fingerprint density at radius 1 is 1.12 bits per heavy atom. The Balaban J connectivity index is 2.78. The largest absolute Gasteiger partial charge is 0.360 e. The van der Waals surface area contributed by atoms with Crippen molar-refractivity contribution in [1.82, 2.24) is 15.4 Å². The van der Waals surface area contributed by atoms with Gasteiger partial charge in [-0.15, -0.1) is 0 Å². The summed E-state index contributed by atoms with van der Waals surface area (Å²) in [7, 11) is 0. The number of hydrogen-bond acceptors (Lipinski definition) is 4. The molecule has 0 spiro atoms. The zero-order valence-electron chi connectivity index (χ0n) is 17.1. The summed E-state index contributed by atoms with van der Waals surface area (Å²) < 4.78 is 5.26. The second kappa shape index (κ2) is 10.6. The standard InChI is InChI=1S/C20H37N3O2/c1-7-12-23(13-8-2)15-20(10-4,11-5)14-21-19(24)18-16(6)17(9-3)25-22-18/h7-15H2,1-6H3,(H,21,24). The van der Waals surface area contributed by atoms with Crippen LogP contribution in [0.15, 0.2) is 4.52 Å². The van der Waals surface area contributed by atoms with Crippen molar-refractivity contribution in [3.8, 4) is 0 Å². The molecule has 0 unspecified atom stereocenters. The number of nitrogens with one attached hydrogen (secondary N) is 1. The van der Waals surface area contributed by atoms with E-state index in [0.29, 0.717) is 12.2 Å². The molecule has 0 radical (unpaired) electrons. The second-order valence-electron chi connectivity index (χ2n) is 7.10. The molecule has 1 N–H and O–H groups in total. The maximum Gasteiger partial charge on any atom is 0.273 e. The molecule has 1 aromatic heterocycles. The molecule has 5 heteroatoms. The van der Waals surface area contributed by atoms with Gasteiger partial charge >= 0.3 is 0 Å². The highest BCUT2D eigenvalue weighted by molar-refractivity contribution is 5.93. The minimum atomic E-state index is -0.121. The molecule has 1 amide bonds. The maximum absolute atomic E-state index is 12.6. The van der Waals surface area contributed by atoms with Crippen LogP contribution in [0.5, 0.6) is 0 Å². The quantitative estimate of drug-likeness (QED) is 0.613. The van der Waals surface area contributed by atoms with Crippen molar-refractivity contribution in [3.05, 3.63) is 17.0 Å². The number of aromatic nitrogens is 1. The number of aryl methyl sites for hydroxylation is 1. The highest BCUT2D eigenvalue weighted by atomic mass is 16.5. The number of carbonyl (C=O) groups is 1. The van der Waals surface area contributed by atoms with Gasteiger partial charge in [0.25, 0.3) is 5.91 Å². The second-order valence-corrected chi connectivity index (χ2v) is 7.10. The van der Waals surface area contributed by atoms with Crippen molar-refractivity contribution in [2.75, 3.05) is 26.2 Å². The fourth-order valence-electron chi connectivity index (χ4n) is 3.42. The van der Waals surface area contributed by atoms with Gasteiger partial charge in [0.1, 0.15) is 5.76 Å². The van der Waals surface area contributed by atoms with E-state index >= 15 is 0 Å². The molecule has 0 aliphatic rings. The third-order valence-electron chi connectivity index (χ3n) is 5.32. The van der Waals surface area contributed by atoms with Gasteiger partial charge < -0.3 is 14.7 Å². The first-order chi connectivity index (χ1) is 12.0. The van der Waals surface area contributed by atoms with Gasteiger partial charge in [-0.25, -0.2) is 0 Å². The summed E-state index contributed by atoms with van der Waals surface area (Å²) in [6.07, 6.45) is 5.17. The van der Waals surface area contributed by atoms with E-state index in [1.807, 2.05) is 13.8 Å². The van der Waals surface area contributed by atoms with Crippen molar-refractivity contribution >= 4 is 5.91 Å². The predicted octanol–water partition coefficient (Wildman–Crippen LogP) is 4.20. The van der Waals surface area contributed by atoms with E-state index in [4.69, 9.17) is 4.52 Å². The fourth-order valence-corrected chi connectivity index (χ4v) is 3.42. The lowest BCUT2D eigenvalue weighted by Gasteiger charge is -2.37. The first kappa shape index (κ1) is 21.7. The van der Waals surface area contributed by atoms with Gasteiger partial charge in [0.15, 0.2) is 5.69 Å². The zero-order valence-corrected chi connectivity index (χ0v) is 17.1. The van der Waals surface area contributed by atoms with E-state index < -0.39 is 0 Å². The lowest BCUT2D eigenvalue weighted by atomic mass is 9.81. The normalized spacial score (nSPS) is 12.0. The van der Waals surface area contributed by atoms with Crippen LogP contribution in [0, 0.1) is 12.3 Å². The average Bonchev–Trinajstić information content (AvgIpc) is 2.99. The minimum absolute atomic E-state index is 0.102. The van der Waals surface area contributed by atoms with Crippen LogP contribution < -0.4 is 5.32 Å². The number of carbonyl (C=O) groups excluding carboxylic acids is 1. The van der Waals surface area contributed by atoms with E-state index in [1.165, 1.54) is 0 Å². The van der Waals surface area contributed by atoms with Crippen LogP contribution in [0.4, 0.5) is 0 Å². The van der Waals surface area contributed by atoms with Crippen LogP contribution in [0.1, 0.15) is 82.1 Å². The van der Waals surface area contributed by atoms with Crippen LogP contribution in [-0.4, -0.2) is 42.1 Å². The first-order valence-corrected chi connectivity index (χ1v) is 9.92. The Morgan fingerprint density at radius 2 is 1.72 bits per heavy atom. The molecule has 1 aromatic rings. The van der Waals surface area contributed by atoms with E-state index in [1.54, 1.807) is 0 Å². The van der Waals surface area contributed by atoms with Gasteiger partial charge in [0.05, 0.1) is 0 Å². The van der Waals surface area contributed by atoms with Crippen molar-refractivity contribution < 1.29 is 9.32 Å². The molecule has 1 rings (SSSR count). The number of rotatable bonds is 12. The highest BCUT2D eigenvalue weighted by Crippen LogP contribution is 2.27. The van der Waals surface area contributed by atoms with E-state index in [0.717, 1.165) is 63.1 Å². The maximum atomic E-state index is 12.6. The Hall–Kier alpha value is -1.36. The number of nitrogens with zero attached hydrogens (tertiary/aromatic N) is 2. The van der Waals surface area contributed by atoms with Gasteiger partial charge in [-0.1, -0.05) is 39.8 Å². The third kappa shape index (κ3) is 5.84. The Morgan fingerprint density at radius 3 is 2.16 bits per heavy atom. The summed E-state index contributed by atoms with van der Waals surface area (Å²) in [5, 5.41) is 7.08. The molecular formula is C20H37N3O2. The zero-order chi connectivity index (χ0) is 18.9. The smallest absolute Gasteiger partial charge is 0.273 e. The highest BCUT2D eigenvalue weighted by Gasteiger charge is 2.30. The fraction of sp³-hybridized carbons (Fsp3) is 0.800. The van der Waals surface area contributed by atoms with Gasteiger partial charge in [0.2, 0.25) is 0 Å². The van der Waals surface area contributed by atoms with Crippen LogP contribution >= 0.6 is 0 Å². The lowest BCUT2D eigenvalue weighted by molar-refractivity contribution is 0.0878. The number of hydrogen-bond donors (Lipinski definition) is 1. The molecule has 0 aliphatic carbocycles. The van der Waals surface area contributed by atoms with Crippen molar-refractivity contribution in [3.63, 3.8) is 0 Å². The molecule has 25 heavy (non-hydrogen) atoms. The summed E-state index contributed by atoms with van der Waals surface area (Å²) >= 11 is 0. The number of amides is 1. The lowest BCUT2D eigenvalue weighted by Crippen LogP contribution is -2.45. The molecule has 0 atom stereocenters. The van der Waals surface area contributed by atoms with Gasteiger partial charge in [-0.05, 0) is 51.1 Å².